The molecule has 4 heteroatoms. The van der Waals surface area contributed by atoms with Crippen molar-refractivity contribution in [3.8, 4) is 0 Å². The molecule has 2 unspecified atom stereocenters. The average molecular weight is 168 g/mol. The summed E-state index contributed by atoms with van der Waals surface area (Å²) >= 11 is 0. The van der Waals surface area contributed by atoms with E-state index in [0.29, 0.717) is 17.8 Å². The Labute approximate surface area is 70.9 Å². The molecule has 2 rings (SSSR count). The molecule has 12 heavy (non-hydrogen) atoms. The van der Waals surface area contributed by atoms with Gasteiger partial charge in [0.15, 0.2) is 5.82 Å². The van der Waals surface area contributed by atoms with Crippen LogP contribution in [0.25, 0.3) is 0 Å². The van der Waals surface area contributed by atoms with Gasteiger partial charge in [-0.25, -0.2) is 0 Å². The summed E-state index contributed by atoms with van der Waals surface area (Å²) in [7, 11) is 0. The maximum absolute atomic E-state index is 5.56. The van der Waals surface area contributed by atoms with Crippen molar-refractivity contribution in [2.75, 3.05) is 0 Å². The van der Waals surface area contributed by atoms with E-state index >= 15 is 0 Å². The highest BCUT2D eigenvalue weighted by atomic mass is 16.5. The quantitative estimate of drug-likeness (QED) is 0.639. The van der Waals surface area contributed by atoms with Gasteiger partial charge in [-0.15, -0.1) is 0 Å². The van der Waals surface area contributed by atoms with Crippen molar-refractivity contribution in [3.05, 3.63) is 11.7 Å². The highest BCUT2D eigenvalue weighted by molar-refractivity contribution is 4.90. The van der Waals surface area contributed by atoms with Crippen molar-refractivity contribution < 1.29 is 9.26 Å². The molecule has 0 amide bonds. The Balaban J connectivity index is 2.11. The summed E-state index contributed by atoms with van der Waals surface area (Å²) in [4.78, 5) is 4.12. The maximum Gasteiger partial charge on any atom is 0.255 e. The van der Waals surface area contributed by atoms with Crippen molar-refractivity contribution in [2.45, 2.75) is 38.9 Å². The molecule has 0 aromatic carbocycles. The molecule has 2 heterocycles. The normalized spacial score (nSPS) is 29.5. The van der Waals surface area contributed by atoms with E-state index in [1.807, 2.05) is 6.92 Å². The van der Waals surface area contributed by atoms with E-state index in [4.69, 9.17) is 9.26 Å². The minimum absolute atomic E-state index is 0.0289. The minimum atomic E-state index is 0.0289. The molecule has 4 nitrogen and oxygen atoms in total. The van der Waals surface area contributed by atoms with Gasteiger partial charge >= 0.3 is 0 Å². The Hall–Kier alpha value is -0.900. The maximum atomic E-state index is 5.56. The highest BCUT2D eigenvalue weighted by Gasteiger charge is 2.27. The number of nitrogens with zero attached hydrogens (tertiary/aromatic N) is 2. The Kier molecular flexibility index (Phi) is 1.84. The third-order valence-corrected chi connectivity index (χ3v) is 2.05. The lowest BCUT2D eigenvalue weighted by molar-refractivity contribution is 0.0355. The summed E-state index contributed by atoms with van der Waals surface area (Å²) in [6.45, 7) is 3.87. The van der Waals surface area contributed by atoms with Crippen LogP contribution in [0.15, 0.2) is 4.52 Å². The number of aromatic nitrogens is 2. The van der Waals surface area contributed by atoms with Crippen molar-refractivity contribution in [3.63, 3.8) is 0 Å². The Morgan fingerprint density at radius 3 is 2.75 bits per heavy atom. The van der Waals surface area contributed by atoms with E-state index in [1.165, 1.54) is 0 Å². The van der Waals surface area contributed by atoms with Gasteiger partial charge in [0.25, 0.3) is 5.89 Å². The SMILES string of the molecule is Cc1noc(C2CCC(C)O2)n1. The molecule has 0 saturated carbocycles. The summed E-state index contributed by atoms with van der Waals surface area (Å²) in [6.07, 6.45) is 2.41. The highest BCUT2D eigenvalue weighted by Crippen LogP contribution is 2.30. The standard InChI is InChI=1S/C8H12N2O2/c1-5-3-4-7(11-5)8-9-6(2)10-12-8/h5,7H,3-4H2,1-2H3. The van der Waals surface area contributed by atoms with Crippen molar-refractivity contribution >= 4 is 0 Å². The molecule has 1 aromatic heterocycles. The molecule has 1 saturated heterocycles. The summed E-state index contributed by atoms with van der Waals surface area (Å²) in [6, 6.07) is 0. The zero-order valence-corrected chi connectivity index (χ0v) is 7.28. The second-order valence-corrected chi connectivity index (χ2v) is 3.19. The fraction of sp³-hybridized carbons (Fsp3) is 0.750. The molecule has 0 radical (unpaired) electrons. The monoisotopic (exact) mass is 168 g/mol. The number of ether oxygens (including phenoxy) is 1. The van der Waals surface area contributed by atoms with Crippen LogP contribution in [0.5, 0.6) is 0 Å². The topological polar surface area (TPSA) is 48.2 Å². The molecular formula is C8H12N2O2. The van der Waals surface area contributed by atoms with Gasteiger partial charge in [0, 0.05) is 0 Å². The summed E-state index contributed by atoms with van der Waals surface area (Å²) in [5.74, 6) is 1.30. The smallest absolute Gasteiger partial charge is 0.255 e. The van der Waals surface area contributed by atoms with Gasteiger partial charge in [-0.1, -0.05) is 5.16 Å². The fourth-order valence-electron chi connectivity index (χ4n) is 1.43. The number of hydrogen-bond donors (Lipinski definition) is 0. The molecule has 66 valence electrons. The first-order chi connectivity index (χ1) is 5.75. The Morgan fingerprint density at radius 1 is 1.42 bits per heavy atom. The van der Waals surface area contributed by atoms with E-state index < -0.39 is 0 Å². The summed E-state index contributed by atoms with van der Waals surface area (Å²) in [5.41, 5.74) is 0. The molecule has 1 aliphatic heterocycles. The predicted octanol–water partition coefficient (Wildman–Crippen LogP) is 1.62. The van der Waals surface area contributed by atoms with Crippen LogP contribution in [-0.2, 0) is 4.74 Å². The van der Waals surface area contributed by atoms with Gasteiger partial charge in [0.2, 0.25) is 0 Å². The van der Waals surface area contributed by atoms with Crippen LogP contribution >= 0.6 is 0 Å². The minimum Gasteiger partial charge on any atom is -0.365 e. The Morgan fingerprint density at radius 2 is 2.25 bits per heavy atom. The lowest BCUT2D eigenvalue weighted by Crippen LogP contribution is -2.01. The van der Waals surface area contributed by atoms with Gasteiger partial charge in [0.1, 0.15) is 6.10 Å². The number of aryl methyl sites for hydroxylation is 1. The summed E-state index contributed by atoms with van der Waals surface area (Å²) in [5, 5.41) is 3.72. The average Bonchev–Trinajstić information content (AvgIpc) is 2.58. The van der Waals surface area contributed by atoms with Crippen LogP contribution in [0.2, 0.25) is 0 Å². The number of hydrogen-bond acceptors (Lipinski definition) is 4. The third-order valence-electron chi connectivity index (χ3n) is 2.05. The van der Waals surface area contributed by atoms with Crippen LogP contribution in [0, 0.1) is 6.92 Å². The van der Waals surface area contributed by atoms with Crippen molar-refractivity contribution in [2.24, 2.45) is 0 Å². The van der Waals surface area contributed by atoms with E-state index in [2.05, 4.69) is 17.1 Å². The second kappa shape index (κ2) is 2.86. The van der Waals surface area contributed by atoms with Gasteiger partial charge in [-0.3, -0.25) is 0 Å². The molecule has 2 atom stereocenters. The van der Waals surface area contributed by atoms with E-state index in [0.717, 1.165) is 12.8 Å². The number of rotatable bonds is 1. The zero-order valence-electron chi connectivity index (χ0n) is 7.28. The third kappa shape index (κ3) is 1.34. The fourth-order valence-corrected chi connectivity index (χ4v) is 1.43. The van der Waals surface area contributed by atoms with Crippen LogP contribution in [0.1, 0.15) is 37.6 Å². The molecular weight excluding hydrogens is 156 g/mol. The lowest BCUT2D eigenvalue weighted by Gasteiger charge is -2.04. The lowest BCUT2D eigenvalue weighted by atomic mass is 10.2. The molecule has 1 fully saturated rings. The van der Waals surface area contributed by atoms with Gasteiger partial charge in [0.05, 0.1) is 6.10 Å². The van der Waals surface area contributed by atoms with E-state index in [1.54, 1.807) is 0 Å². The van der Waals surface area contributed by atoms with Crippen molar-refractivity contribution in [1.29, 1.82) is 0 Å². The van der Waals surface area contributed by atoms with Crippen LogP contribution in [-0.4, -0.2) is 16.2 Å². The van der Waals surface area contributed by atoms with Crippen LogP contribution in [0.3, 0.4) is 0 Å². The van der Waals surface area contributed by atoms with E-state index in [9.17, 15) is 0 Å². The first-order valence-electron chi connectivity index (χ1n) is 4.21. The van der Waals surface area contributed by atoms with Gasteiger partial charge in [-0.2, -0.15) is 4.98 Å². The predicted molar refractivity (Wildman–Crippen MR) is 41.6 cm³/mol. The molecule has 0 bridgehead atoms. The van der Waals surface area contributed by atoms with Crippen LogP contribution < -0.4 is 0 Å². The molecule has 0 aliphatic carbocycles. The zero-order chi connectivity index (χ0) is 8.55. The van der Waals surface area contributed by atoms with Crippen LogP contribution in [0.4, 0.5) is 0 Å². The first-order valence-corrected chi connectivity index (χ1v) is 4.21. The first kappa shape index (κ1) is 7.73. The summed E-state index contributed by atoms with van der Waals surface area (Å²) < 4.78 is 10.6. The molecule has 1 aromatic rings. The van der Waals surface area contributed by atoms with E-state index in [-0.39, 0.29) is 6.10 Å². The van der Waals surface area contributed by atoms with Gasteiger partial charge in [-0.05, 0) is 26.7 Å². The largest absolute Gasteiger partial charge is 0.365 e. The van der Waals surface area contributed by atoms with Crippen molar-refractivity contribution in [1.82, 2.24) is 10.1 Å². The molecule has 0 N–H and O–H groups in total. The van der Waals surface area contributed by atoms with Gasteiger partial charge < -0.3 is 9.26 Å². The second-order valence-electron chi connectivity index (χ2n) is 3.19. The Bertz CT molecular complexity index is 272. The molecule has 0 spiro atoms. The molecule has 1 aliphatic rings.